The predicted octanol–water partition coefficient (Wildman–Crippen LogP) is 1.65. The van der Waals surface area contributed by atoms with Crippen LogP contribution in [0.25, 0.3) is 0 Å². The van der Waals surface area contributed by atoms with Crippen molar-refractivity contribution < 1.29 is 9.50 Å². The van der Waals surface area contributed by atoms with Crippen molar-refractivity contribution in [2.24, 2.45) is 0 Å². The predicted molar refractivity (Wildman–Crippen MR) is 71.2 cm³/mol. The lowest BCUT2D eigenvalue weighted by atomic mass is 10.1. The third-order valence-corrected chi connectivity index (χ3v) is 2.85. The van der Waals surface area contributed by atoms with Gasteiger partial charge in [-0.25, -0.2) is 4.39 Å². The molecule has 0 amide bonds. The fraction of sp³-hybridized carbons (Fsp3) is 0.357. The number of halogens is 1. The summed E-state index contributed by atoms with van der Waals surface area (Å²) in [6.07, 6.45) is 3.07. The van der Waals surface area contributed by atoms with E-state index >= 15 is 0 Å². The number of aliphatic hydroxyl groups is 1. The van der Waals surface area contributed by atoms with E-state index in [0.717, 1.165) is 12.1 Å². The molecule has 102 valence electrons. The number of aromatic nitrogens is 2. The zero-order valence-corrected chi connectivity index (χ0v) is 10.9. The Hall–Kier alpha value is -1.72. The molecule has 19 heavy (non-hydrogen) atoms. The van der Waals surface area contributed by atoms with Gasteiger partial charge in [-0.2, -0.15) is 5.10 Å². The number of aliphatic hydroxyl groups excluding tert-OH is 1. The molecule has 0 spiro atoms. The standard InChI is InChI=1S/C14H18FN3O/c1-11-8-17-18(10-11)6-5-16-9-14(19)12-3-2-4-13(15)7-12/h2-4,7-8,10,14,16,19H,5-6,9H2,1H3/t14-/m1/s1. The first-order valence-corrected chi connectivity index (χ1v) is 6.28. The minimum Gasteiger partial charge on any atom is -0.387 e. The van der Waals surface area contributed by atoms with Crippen molar-refractivity contribution in [2.45, 2.75) is 19.6 Å². The third-order valence-electron chi connectivity index (χ3n) is 2.85. The topological polar surface area (TPSA) is 50.1 Å². The molecule has 0 fully saturated rings. The van der Waals surface area contributed by atoms with Crippen LogP contribution in [0.4, 0.5) is 4.39 Å². The zero-order valence-electron chi connectivity index (χ0n) is 10.9. The molecule has 4 nitrogen and oxygen atoms in total. The van der Waals surface area contributed by atoms with Gasteiger partial charge in [0.25, 0.3) is 0 Å². The summed E-state index contributed by atoms with van der Waals surface area (Å²) in [6, 6.07) is 6.03. The smallest absolute Gasteiger partial charge is 0.123 e. The summed E-state index contributed by atoms with van der Waals surface area (Å²) in [5.74, 6) is -0.330. The van der Waals surface area contributed by atoms with Crippen LogP contribution in [0.5, 0.6) is 0 Å². The van der Waals surface area contributed by atoms with Crippen molar-refractivity contribution in [3.05, 3.63) is 53.6 Å². The van der Waals surface area contributed by atoms with Gasteiger partial charge in [0.2, 0.25) is 0 Å². The van der Waals surface area contributed by atoms with E-state index in [1.165, 1.54) is 12.1 Å². The summed E-state index contributed by atoms with van der Waals surface area (Å²) >= 11 is 0. The van der Waals surface area contributed by atoms with Crippen molar-refractivity contribution >= 4 is 0 Å². The van der Waals surface area contributed by atoms with Gasteiger partial charge in [-0.3, -0.25) is 4.68 Å². The molecule has 0 bridgehead atoms. The van der Waals surface area contributed by atoms with Gasteiger partial charge in [-0.1, -0.05) is 12.1 Å². The van der Waals surface area contributed by atoms with Crippen LogP contribution in [0.1, 0.15) is 17.2 Å². The Labute approximate surface area is 111 Å². The lowest BCUT2D eigenvalue weighted by Crippen LogP contribution is -2.25. The van der Waals surface area contributed by atoms with E-state index in [9.17, 15) is 9.50 Å². The van der Waals surface area contributed by atoms with E-state index in [4.69, 9.17) is 0 Å². The molecule has 0 radical (unpaired) electrons. The maximum Gasteiger partial charge on any atom is 0.123 e. The van der Waals surface area contributed by atoms with E-state index in [2.05, 4.69) is 10.4 Å². The van der Waals surface area contributed by atoms with Gasteiger partial charge in [-0.15, -0.1) is 0 Å². The first-order chi connectivity index (χ1) is 9.15. The van der Waals surface area contributed by atoms with Gasteiger partial charge in [0.05, 0.1) is 18.8 Å². The molecule has 2 aromatic rings. The van der Waals surface area contributed by atoms with Crippen LogP contribution in [0.15, 0.2) is 36.7 Å². The number of nitrogens with one attached hydrogen (secondary N) is 1. The van der Waals surface area contributed by atoms with Gasteiger partial charge in [0, 0.05) is 19.3 Å². The lowest BCUT2D eigenvalue weighted by Gasteiger charge is -2.12. The minimum absolute atomic E-state index is 0.330. The van der Waals surface area contributed by atoms with Crippen molar-refractivity contribution in [3.8, 4) is 0 Å². The molecule has 1 aromatic heterocycles. The van der Waals surface area contributed by atoms with Crippen LogP contribution >= 0.6 is 0 Å². The highest BCUT2D eigenvalue weighted by atomic mass is 19.1. The quantitative estimate of drug-likeness (QED) is 0.779. The van der Waals surface area contributed by atoms with E-state index in [0.29, 0.717) is 18.7 Å². The molecule has 2 rings (SSSR count). The Balaban J connectivity index is 1.73. The highest BCUT2D eigenvalue weighted by Crippen LogP contribution is 2.12. The number of aryl methyl sites for hydroxylation is 1. The molecule has 1 aromatic carbocycles. The minimum atomic E-state index is -0.699. The fourth-order valence-corrected chi connectivity index (χ4v) is 1.85. The van der Waals surface area contributed by atoms with Gasteiger partial charge in [0.15, 0.2) is 0 Å². The second kappa shape index (κ2) is 6.45. The van der Waals surface area contributed by atoms with E-state index < -0.39 is 6.10 Å². The number of nitrogens with zero attached hydrogens (tertiary/aromatic N) is 2. The normalized spacial score (nSPS) is 12.6. The largest absolute Gasteiger partial charge is 0.387 e. The first kappa shape index (κ1) is 13.7. The Morgan fingerprint density at radius 1 is 1.47 bits per heavy atom. The number of hydrogen-bond donors (Lipinski definition) is 2. The van der Waals surface area contributed by atoms with Crippen LogP contribution in [0.3, 0.4) is 0 Å². The van der Waals surface area contributed by atoms with Gasteiger partial charge < -0.3 is 10.4 Å². The molecule has 1 atom stereocenters. The van der Waals surface area contributed by atoms with Crippen molar-refractivity contribution in [1.82, 2.24) is 15.1 Å². The van der Waals surface area contributed by atoms with Gasteiger partial charge in [-0.05, 0) is 30.2 Å². The summed E-state index contributed by atoms with van der Waals surface area (Å²) in [5, 5.41) is 17.2. The Morgan fingerprint density at radius 2 is 2.32 bits per heavy atom. The average Bonchev–Trinajstić information content (AvgIpc) is 2.80. The SMILES string of the molecule is Cc1cnn(CCNC[C@@H](O)c2cccc(F)c2)c1. The molecular formula is C14H18FN3O. The molecule has 0 unspecified atom stereocenters. The van der Waals surface area contributed by atoms with Crippen molar-refractivity contribution in [2.75, 3.05) is 13.1 Å². The highest BCUT2D eigenvalue weighted by molar-refractivity contribution is 5.18. The lowest BCUT2D eigenvalue weighted by molar-refractivity contribution is 0.174. The molecular weight excluding hydrogens is 245 g/mol. The van der Waals surface area contributed by atoms with Crippen LogP contribution in [0.2, 0.25) is 0 Å². The Bertz CT molecular complexity index is 527. The van der Waals surface area contributed by atoms with E-state index in [-0.39, 0.29) is 5.82 Å². The molecule has 1 heterocycles. The zero-order chi connectivity index (χ0) is 13.7. The van der Waals surface area contributed by atoms with Crippen molar-refractivity contribution in [1.29, 1.82) is 0 Å². The van der Waals surface area contributed by atoms with Gasteiger partial charge >= 0.3 is 0 Å². The molecule has 0 aliphatic carbocycles. The second-order valence-corrected chi connectivity index (χ2v) is 4.56. The molecule has 2 N–H and O–H groups in total. The Kier molecular flexibility index (Phi) is 4.65. The summed E-state index contributed by atoms with van der Waals surface area (Å²) < 4.78 is 14.8. The maximum atomic E-state index is 13.0. The average molecular weight is 263 g/mol. The Morgan fingerprint density at radius 3 is 3.00 bits per heavy atom. The molecule has 0 saturated carbocycles. The molecule has 0 saturated heterocycles. The summed E-state index contributed by atoms with van der Waals surface area (Å²) in [6.45, 7) is 3.82. The fourth-order valence-electron chi connectivity index (χ4n) is 1.85. The van der Waals surface area contributed by atoms with Crippen LogP contribution < -0.4 is 5.32 Å². The first-order valence-electron chi connectivity index (χ1n) is 6.28. The highest BCUT2D eigenvalue weighted by Gasteiger charge is 2.07. The maximum absolute atomic E-state index is 13.0. The van der Waals surface area contributed by atoms with Crippen molar-refractivity contribution in [3.63, 3.8) is 0 Å². The number of hydrogen-bond acceptors (Lipinski definition) is 3. The van der Waals surface area contributed by atoms with Crippen LogP contribution in [-0.2, 0) is 6.54 Å². The summed E-state index contributed by atoms with van der Waals surface area (Å²) in [5.41, 5.74) is 1.71. The molecule has 0 aliphatic rings. The van der Waals surface area contributed by atoms with E-state index in [1.807, 2.05) is 24.0 Å². The molecule has 0 aliphatic heterocycles. The number of benzene rings is 1. The number of rotatable bonds is 6. The summed E-state index contributed by atoms with van der Waals surface area (Å²) in [7, 11) is 0. The monoisotopic (exact) mass is 263 g/mol. The third kappa shape index (κ3) is 4.15. The van der Waals surface area contributed by atoms with Crippen LogP contribution in [0, 0.1) is 12.7 Å². The molecule has 5 heteroatoms. The van der Waals surface area contributed by atoms with E-state index in [1.54, 1.807) is 12.1 Å². The summed E-state index contributed by atoms with van der Waals surface area (Å²) in [4.78, 5) is 0. The van der Waals surface area contributed by atoms with Crippen LogP contribution in [-0.4, -0.2) is 28.0 Å². The second-order valence-electron chi connectivity index (χ2n) is 4.56. The van der Waals surface area contributed by atoms with Gasteiger partial charge in [0.1, 0.15) is 5.82 Å².